The third-order valence-corrected chi connectivity index (χ3v) is 3.19. The summed E-state index contributed by atoms with van der Waals surface area (Å²) in [6.45, 7) is -8.41. The van der Waals surface area contributed by atoms with Gasteiger partial charge in [-0.1, -0.05) is 42.3 Å². The Morgan fingerprint density at radius 3 is 2.93 bits per heavy atom. The molecule has 3 rings (SSSR count). The molecular weight excluding hydrogens is 372 g/mol. The van der Waals surface area contributed by atoms with Gasteiger partial charge >= 0.3 is 0 Å². The van der Waals surface area contributed by atoms with Crippen molar-refractivity contribution in [3.63, 3.8) is 0 Å². The van der Waals surface area contributed by atoms with Gasteiger partial charge in [-0.3, -0.25) is 4.79 Å². The molecule has 1 amide bonds. The summed E-state index contributed by atoms with van der Waals surface area (Å²) in [5.74, 6) is -1.97. The van der Waals surface area contributed by atoms with E-state index in [0.717, 1.165) is 0 Å². The standard InChI is InChI=1S/C21H24N4O2S/c22-21-25-18(14-28-21)12-20(27)24-17-8-6-15(7-9-17)10-11-23-13-19(26)16-4-2-1-3-5-16/h1-9,14,19,23,26H,10-13H2,(H2,22,25)(H,24,27)/t19-/m0/s1/i1D,2D,3D,4D,5D,6D,7D,8D,9D,10D2,11D2,12D2,13D2,14D,19D,26D/hD4. The maximum atomic E-state index is 13.1. The Morgan fingerprint density at radius 2 is 2.21 bits per heavy atom. The first-order valence-corrected chi connectivity index (χ1v) is 7.95. The molecule has 0 saturated carbocycles. The van der Waals surface area contributed by atoms with Crippen LogP contribution in [0.15, 0.2) is 59.7 Å². The van der Waals surface area contributed by atoms with Crippen molar-refractivity contribution in [3.05, 3.63) is 76.6 Å². The maximum Gasteiger partial charge on any atom is 0.230 e. The number of nitrogens with two attached hydrogens (primary N) is 1. The highest BCUT2D eigenvalue weighted by molar-refractivity contribution is 7.13. The minimum Gasteiger partial charge on any atom is -0.387 e. The van der Waals surface area contributed by atoms with Gasteiger partial charge in [0, 0.05) is 28.5 Å². The van der Waals surface area contributed by atoms with Crippen LogP contribution in [0.3, 0.4) is 0 Å². The normalized spacial score (nSPS) is 27.3. The predicted molar refractivity (Wildman–Crippen MR) is 113 cm³/mol. The minimum atomic E-state index is -4.23. The molecule has 1 aromatic heterocycles. The number of aliphatic hydroxyl groups is 1. The highest BCUT2D eigenvalue weighted by atomic mass is 32.1. The van der Waals surface area contributed by atoms with Gasteiger partial charge in [-0.05, 0) is 36.1 Å². The van der Waals surface area contributed by atoms with Crippen molar-refractivity contribution >= 4 is 28.1 Å². The van der Waals surface area contributed by atoms with E-state index in [4.69, 9.17) is 33.1 Å². The van der Waals surface area contributed by atoms with E-state index in [0.29, 0.717) is 11.3 Å². The van der Waals surface area contributed by atoms with Crippen LogP contribution in [0.5, 0.6) is 0 Å². The Balaban J connectivity index is 2.19. The van der Waals surface area contributed by atoms with Crippen LogP contribution in [0.25, 0.3) is 0 Å². The molecule has 2 aromatic carbocycles. The third-order valence-electron chi connectivity index (χ3n) is 2.62. The molecule has 5 N–H and O–H groups in total. The van der Waals surface area contributed by atoms with Gasteiger partial charge in [0.05, 0.1) is 33.2 Å². The molecule has 0 aliphatic carbocycles. The van der Waals surface area contributed by atoms with Gasteiger partial charge in [0.2, 0.25) is 7.34 Å². The first kappa shape index (κ1) is 5.66. The van der Waals surface area contributed by atoms with Crippen LogP contribution in [0.4, 0.5) is 10.8 Å². The number of anilines is 2. The largest absolute Gasteiger partial charge is 0.387 e. The highest BCUT2D eigenvalue weighted by Crippen LogP contribution is 2.14. The zero-order valence-electron chi connectivity index (χ0n) is 37.5. The molecule has 0 bridgehead atoms. The van der Waals surface area contributed by atoms with Gasteiger partial charge in [-0.25, -0.2) is 4.98 Å². The van der Waals surface area contributed by atoms with Gasteiger partial charge in [0.25, 0.3) is 0 Å². The summed E-state index contributed by atoms with van der Waals surface area (Å²) in [5, 5.41) is 1.38. The minimum absolute atomic E-state index is 0.0950. The van der Waals surface area contributed by atoms with E-state index < -0.39 is 136 Å². The number of aromatic nitrogens is 1. The lowest BCUT2D eigenvalue weighted by atomic mass is 10.1. The predicted octanol–water partition coefficient (Wildman–Crippen LogP) is 2.77. The molecule has 0 fully saturated rings. The number of carbonyl (C=O) groups excluding carboxylic acids is 1. The molecule has 3 aromatic rings. The van der Waals surface area contributed by atoms with Crippen molar-refractivity contribution in [1.29, 1.82) is 1.43 Å². The summed E-state index contributed by atoms with van der Waals surface area (Å²) >= 11 is 0.305. The molecule has 0 spiro atoms. The Bertz CT molecular complexity index is 1860. The Morgan fingerprint density at radius 1 is 1.39 bits per heavy atom. The van der Waals surface area contributed by atoms with Gasteiger partial charge < -0.3 is 21.4 Å². The Labute approximate surface area is 202 Å². The quantitative estimate of drug-likeness (QED) is 0.382. The average molecular weight is 421 g/mol. The highest BCUT2D eigenvalue weighted by Gasteiger charge is 2.08. The smallest absolute Gasteiger partial charge is 0.230 e. The average Bonchev–Trinajstić information content (AvgIpc) is 3.47. The van der Waals surface area contributed by atoms with E-state index in [1.54, 1.807) is 0 Å². The molecule has 1 atom stereocenters. The zero-order valence-corrected chi connectivity index (χ0v) is 14.3. The molecule has 7 heteroatoms. The van der Waals surface area contributed by atoms with Crippen molar-refractivity contribution in [2.24, 2.45) is 0 Å². The lowest BCUT2D eigenvalue weighted by Gasteiger charge is -2.12. The second-order valence-corrected chi connectivity index (χ2v) is 5.28. The summed E-state index contributed by atoms with van der Waals surface area (Å²) < 4.78 is 195. The number of hydrogen-bond donors (Lipinski definition) is 4. The van der Waals surface area contributed by atoms with Crippen molar-refractivity contribution < 1.29 is 41.6 Å². The summed E-state index contributed by atoms with van der Waals surface area (Å²) in [7, 11) is 0. The maximum absolute atomic E-state index is 13.1. The number of nitrogens with one attached hydrogen (secondary N) is 2. The van der Waals surface area contributed by atoms with Gasteiger partial charge in [0.1, 0.15) is 1.41 Å². The van der Waals surface area contributed by atoms with E-state index in [-0.39, 0.29) is 5.72 Å². The molecule has 0 aliphatic rings. The molecule has 28 heavy (non-hydrogen) atoms. The van der Waals surface area contributed by atoms with Crippen LogP contribution in [-0.2, 0) is 17.5 Å². The number of amides is 1. The van der Waals surface area contributed by atoms with E-state index in [1.807, 2.05) is 0 Å². The SMILES string of the molecule is [2H]O[C@]([2H])(c1c([2H])c([2H])c([2H])c([2H])c1[2H])C([2H])([2H])N([2H])C([2H])([2H])C([2H])([2H])c1c([2H])c([2H])c(N([2H])C(=O)C([2H])([2H])c2nc(N([2H])[2H])sc2[2H])c([2H])c1[2H]. The topological polar surface area (TPSA) is 100 Å². The number of nitrogens with zero attached hydrogens (tertiary/aromatic N) is 1. The van der Waals surface area contributed by atoms with Crippen LogP contribution in [0.2, 0.25) is 5.65 Å². The third kappa shape index (κ3) is 6.16. The summed E-state index contributed by atoms with van der Waals surface area (Å²) in [6, 6.07) is -11.9. The van der Waals surface area contributed by atoms with E-state index in [2.05, 4.69) is 10.1 Å². The number of rotatable bonds is 11. The van der Waals surface area contributed by atoms with Crippen LogP contribution in [0.1, 0.15) is 48.9 Å². The van der Waals surface area contributed by atoms with E-state index in [9.17, 15) is 4.79 Å². The van der Waals surface area contributed by atoms with Crippen LogP contribution >= 0.6 is 11.3 Å². The van der Waals surface area contributed by atoms with Gasteiger partial charge in [-0.2, -0.15) is 0 Å². The van der Waals surface area contributed by atoms with Crippen molar-refractivity contribution in [2.45, 2.75) is 18.8 Å². The fraction of sp³-hybridized carbons (Fsp3) is 0.238. The second-order valence-electron chi connectivity index (χ2n) is 4.50. The summed E-state index contributed by atoms with van der Waals surface area (Å²) in [4.78, 5) is 16.7. The number of carbonyl (C=O) groups is 1. The van der Waals surface area contributed by atoms with Crippen LogP contribution < -0.4 is 16.3 Å². The van der Waals surface area contributed by atoms with Gasteiger partial charge in [0.15, 0.2) is 9.37 Å². The van der Waals surface area contributed by atoms with Crippen molar-refractivity contribution in [3.8, 4) is 0 Å². The fourth-order valence-electron chi connectivity index (χ4n) is 1.53. The monoisotopic (exact) mass is 420 g/mol. The van der Waals surface area contributed by atoms with E-state index >= 15 is 0 Å². The molecule has 0 saturated heterocycles. The van der Waals surface area contributed by atoms with Gasteiger partial charge in [-0.15, -0.1) is 11.3 Å². The lowest BCUT2D eigenvalue weighted by Crippen LogP contribution is -2.23. The van der Waals surface area contributed by atoms with Crippen molar-refractivity contribution in [1.82, 2.24) is 10.3 Å². The molecule has 6 nitrogen and oxygen atoms in total. The number of thiazole rings is 1. The Hall–Kier alpha value is -2.74. The van der Waals surface area contributed by atoms with Crippen molar-refractivity contribution in [2.75, 3.05) is 24.0 Å². The van der Waals surface area contributed by atoms with E-state index in [1.165, 1.54) is 0 Å². The first-order chi connectivity index (χ1) is 23.4. The molecule has 0 radical (unpaired) electrons. The van der Waals surface area contributed by atoms with Crippen LogP contribution in [0, 0.1) is 0 Å². The number of nitrogen functional groups attached to an aromatic ring is 1. The molecule has 0 aliphatic heterocycles. The summed E-state index contributed by atoms with van der Waals surface area (Å²) in [6.07, 6.45) is -11.4. The summed E-state index contributed by atoms with van der Waals surface area (Å²) in [5.41, 5.74) is -5.35. The Kier molecular flexibility index (Phi) is 2.02. The fourth-order valence-corrected chi connectivity index (χ4v) is 1.95. The molecule has 146 valence electrons. The first-order valence-electron chi connectivity index (χ1n) is 18.8. The zero-order chi connectivity index (χ0) is 40.6. The van der Waals surface area contributed by atoms with Crippen LogP contribution in [-0.4, -0.2) is 30.4 Å². The molecule has 1 heterocycles. The molecule has 0 unspecified atom stereocenters. The number of benzene rings is 2. The number of hydrogen-bond acceptors (Lipinski definition) is 6. The second kappa shape index (κ2) is 9.98. The lowest BCUT2D eigenvalue weighted by molar-refractivity contribution is -0.115. The molecular formula is C21H24N4O2S.